The summed E-state index contributed by atoms with van der Waals surface area (Å²) < 4.78 is 5.28. The Morgan fingerprint density at radius 2 is 1.85 bits per heavy atom. The van der Waals surface area contributed by atoms with Gasteiger partial charge in [0.05, 0.1) is 12.8 Å². The molecule has 0 spiro atoms. The number of carbonyl (C=O) groups excluding carboxylic acids is 2. The fourth-order valence-electron chi connectivity index (χ4n) is 3.31. The molecule has 1 saturated heterocycles. The number of amides is 2. The Hall–Kier alpha value is -2.76. The van der Waals surface area contributed by atoms with Crippen molar-refractivity contribution in [3.63, 3.8) is 0 Å². The van der Waals surface area contributed by atoms with Gasteiger partial charge in [0.2, 0.25) is 11.8 Å². The van der Waals surface area contributed by atoms with E-state index in [2.05, 4.69) is 22.3 Å². The summed E-state index contributed by atoms with van der Waals surface area (Å²) in [6, 6.07) is 11.6. The van der Waals surface area contributed by atoms with Gasteiger partial charge in [0, 0.05) is 44.4 Å². The second kappa shape index (κ2) is 9.26. The first kappa shape index (κ1) is 19.0. The van der Waals surface area contributed by atoms with Crippen LogP contribution >= 0.6 is 0 Å². The summed E-state index contributed by atoms with van der Waals surface area (Å²) in [5.74, 6) is 0.524. The Morgan fingerprint density at radius 3 is 2.48 bits per heavy atom. The molecule has 27 heavy (non-hydrogen) atoms. The van der Waals surface area contributed by atoms with Gasteiger partial charge in [0.15, 0.2) is 0 Å². The standard InChI is InChI=1S/C21H27N3O3/c1-17(25)24(16-20-6-5-15-27-20)14-11-21(26)22-18-7-9-19(10-8-18)23-12-3-2-4-13-23/h5-10,15H,2-4,11-14,16H2,1H3,(H,22,26). The van der Waals surface area contributed by atoms with Crippen LogP contribution in [0.25, 0.3) is 0 Å². The van der Waals surface area contributed by atoms with Crippen molar-refractivity contribution in [1.82, 2.24) is 4.90 Å². The molecule has 0 bridgehead atoms. The second-order valence-corrected chi connectivity index (χ2v) is 6.91. The van der Waals surface area contributed by atoms with E-state index in [0.29, 0.717) is 18.8 Å². The largest absolute Gasteiger partial charge is 0.467 e. The number of nitrogens with zero attached hydrogens (tertiary/aromatic N) is 2. The van der Waals surface area contributed by atoms with Crippen LogP contribution < -0.4 is 10.2 Å². The zero-order valence-corrected chi connectivity index (χ0v) is 15.8. The predicted octanol–water partition coefficient (Wildman–Crippen LogP) is 3.65. The van der Waals surface area contributed by atoms with Gasteiger partial charge < -0.3 is 19.5 Å². The number of rotatable bonds is 7. The van der Waals surface area contributed by atoms with Crippen molar-refractivity contribution in [1.29, 1.82) is 0 Å². The highest BCUT2D eigenvalue weighted by atomic mass is 16.3. The molecule has 6 heteroatoms. The molecule has 1 fully saturated rings. The molecule has 0 unspecified atom stereocenters. The van der Waals surface area contributed by atoms with Crippen LogP contribution in [0.15, 0.2) is 47.1 Å². The SMILES string of the molecule is CC(=O)N(CCC(=O)Nc1ccc(N2CCCCC2)cc1)Cc1ccco1. The minimum absolute atomic E-state index is 0.0786. The van der Waals surface area contributed by atoms with Crippen LogP contribution in [-0.4, -0.2) is 36.3 Å². The second-order valence-electron chi connectivity index (χ2n) is 6.91. The summed E-state index contributed by atoms with van der Waals surface area (Å²) in [5.41, 5.74) is 1.98. The lowest BCUT2D eigenvalue weighted by atomic mass is 10.1. The molecule has 1 aliphatic heterocycles. The van der Waals surface area contributed by atoms with Crippen molar-refractivity contribution in [3.05, 3.63) is 48.4 Å². The summed E-state index contributed by atoms with van der Waals surface area (Å²) in [6.45, 7) is 4.43. The average molecular weight is 369 g/mol. The highest BCUT2D eigenvalue weighted by Gasteiger charge is 2.14. The van der Waals surface area contributed by atoms with Gasteiger partial charge in [-0.1, -0.05) is 0 Å². The number of hydrogen-bond acceptors (Lipinski definition) is 4. The van der Waals surface area contributed by atoms with Gasteiger partial charge in [-0.2, -0.15) is 0 Å². The van der Waals surface area contributed by atoms with Gasteiger partial charge in [-0.05, 0) is 55.7 Å². The number of hydrogen-bond donors (Lipinski definition) is 1. The van der Waals surface area contributed by atoms with Crippen LogP contribution in [0, 0.1) is 0 Å². The minimum atomic E-state index is -0.105. The molecule has 0 saturated carbocycles. The third kappa shape index (κ3) is 5.61. The van der Waals surface area contributed by atoms with E-state index >= 15 is 0 Å². The molecule has 0 atom stereocenters. The van der Waals surface area contributed by atoms with Crippen LogP contribution in [-0.2, 0) is 16.1 Å². The minimum Gasteiger partial charge on any atom is -0.467 e. The highest BCUT2D eigenvalue weighted by molar-refractivity contribution is 5.91. The van der Waals surface area contributed by atoms with Gasteiger partial charge in [-0.25, -0.2) is 0 Å². The molecule has 2 aromatic rings. The van der Waals surface area contributed by atoms with Gasteiger partial charge >= 0.3 is 0 Å². The van der Waals surface area contributed by atoms with Crippen molar-refractivity contribution < 1.29 is 14.0 Å². The maximum absolute atomic E-state index is 12.2. The monoisotopic (exact) mass is 369 g/mol. The fourth-order valence-corrected chi connectivity index (χ4v) is 3.31. The lowest BCUT2D eigenvalue weighted by Gasteiger charge is -2.28. The van der Waals surface area contributed by atoms with Crippen LogP contribution in [0.4, 0.5) is 11.4 Å². The Balaban J connectivity index is 1.48. The Labute approximate surface area is 160 Å². The molecular weight excluding hydrogens is 342 g/mol. The molecule has 144 valence electrons. The molecule has 0 aliphatic carbocycles. The summed E-state index contributed by atoms with van der Waals surface area (Å²) in [4.78, 5) is 28.0. The van der Waals surface area contributed by atoms with Crippen molar-refractivity contribution in [2.75, 3.05) is 29.9 Å². The van der Waals surface area contributed by atoms with Crippen LogP contribution in [0.5, 0.6) is 0 Å². The van der Waals surface area contributed by atoms with Crippen molar-refractivity contribution in [3.8, 4) is 0 Å². The van der Waals surface area contributed by atoms with Gasteiger partial charge in [0.1, 0.15) is 5.76 Å². The van der Waals surface area contributed by atoms with E-state index in [1.807, 2.05) is 18.2 Å². The van der Waals surface area contributed by atoms with E-state index in [0.717, 1.165) is 18.8 Å². The molecule has 0 radical (unpaired) electrons. The van der Waals surface area contributed by atoms with E-state index in [-0.39, 0.29) is 18.2 Å². The molecular formula is C21H27N3O3. The summed E-state index contributed by atoms with van der Waals surface area (Å²) >= 11 is 0. The average Bonchev–Trinajstić information content (AvgIpc) is 3.19. The summed E-state index contributed by atoms with van der Waals surface area (Å²) in [7, 11) is 0. The van der Waals surface area contributed by atoms with E-state index in [1.165, 1.54) is 31.9 Å². The smallest absolute Gasteiger partial charge is 0.226 e. The summed E-state index contributed by atoms with van der Waals surface area (Å²) in [6.07, 6.45) is 5.61. The molecule has 1 aromatic heterocycles. The lowest BCUT2D eigenvalue weighted by Crippen LogP contribution is -2.31. The number of nitrogens with one attached hydrogen (secondary N) is 1. The Kier molecular flexibility index (Phi) is 6.52. The molecule has 1 aliphatic rings. The normalized spacial score (nSPS) is 14.0. The lowest BCUT2D eigenvalue weighted by molar-refractivity contribution is -0.130. The van der Waals surface area contributed by atoms with E-state index < -0.39 is 0 Å². The van der Waals surface area contributed by atoms with Gasteiger partial charge in [-0.3, -0.25) is 9.59 Å². The molecule has 2 heterocycles. The first-order chi connectivity index (χ1) is 13.1. The molecule has 1 aromatic carbocycles. The topological polar surface area (TPSA) is 65.8 Å². The fraction of sp³-hybridized carbons (Fsp3) is 0.429. The number of carbonyl (C=O) groups is 2. The quantitative estimate of drug-likeness (QED) is 0.809. The van der Waals surface area contributed by atoms with E-state index in [4.69, 9.17) is 4.42 Å². The molecule has 2 amide bonds. The van der Waals surface area contributed by atoms with Gasteiger partial charge in [-0.15, -0.1) is 0 Å². The first-order valence-corrected chi connectivity index (χ1v) is 9.54. The first-order valence-electron chi connectivity index (χ1n) is 9.54. The van der Waals surface area contributed by atoms with E-state index in [1.54, 1.807) is 17.2 Å². The number of benzene rings is 1. The van der Waals surface area contributed by atoms with Crippen molar-refractivity contribution >= 4 is 23.2 Å². The Bertz CT molecular complexity index is 735. The number of piperidine rings is 1. The third-order valence-corrected chi connectivity index (χ3v) is 4.85. The third-order valence-electron chi connectivity index (χ3n) is 4.85. The van der Waals surface area contributed by atoms with Crippen molar-refractivity contribution in [2.45, 2.75) is 39.2 Å². The maximum Gasteiger partial charge on any atom is 0.226 e. The van der Waals surface area contributed by atoms with Crippen LogP contribution in [0.2, 0.25) is 0 Å². The number of anilines is 2. The van der Waals surface area contributed by atoms with Crippen molar-refractivity contribution in [2.24, 2.45) is 0 Å². The molecule has 6 nitrogen and oxygen atoms in total. The predicted molar refractivity (Wildman–Crippen MR) is 106 cm³/mol. The maximum atomic E-state index is 12.2. The van der Waals surface area contributed by atoms with Crippen LogP contribution in [0.3, 0.4) is 0 Å². The Morgan fingerprint density at radius 1 is 1.11 bits per heavy atom. The number of furan rings is 1. The highest BCUT2D eigenvalue weighted by Crippen LogP contribution is 2.21. The van der Waals surface area contributed by atoms with E-state index in [9.17, 15) is 9.59 Å². The van der Waals surface area contributed by atoms with Gasteiger partial charge in [0.25, 0.3) is 0 Å². The summed E-state index contributed by atoms with van der Waals surface area (Å²) in [5, 5.41) is 2.91. The molecule has 1 N–H and O–H groups in total. The molecule has 3 rings (SSSR count). The zero-order chi connectivity index (χ0) is 19.1. The zero-order valence-electron chi connectivity index (χ0n) is 15.8. The van der Waals surface area contributed by atoms with Crippen LogP contribution in [0.1, 0.15) is 38.4 Å².